The molecular formula is C17H15ClFN5. The van der Waals surface area contributed by atoms with Gasteiger partial charge in [-0.2, -0.15) is 4.98 Å². The largest absolute Gasteiger partial charge is 0.366 e. The van der Waals surface area contributed by atoms with Crippen LogP contribution in [0.4, 0.5) is 16.3 Å². The fraction of sp³-hybridized carbons (Fsp3) is 0.176. The fourth-order valence-electron chi connectivity index (χ4n) is 3.12. The van der Waals surface area contributed by atoms with Crippen LogP contribution in [0.3, 0.4) is 0 Å². The molecule has 0 saturated heterocycles. The van der Waals surface area contributed by atoms with Gasteiger partial charge in [0, 0.05) is 5.02 Å². The Balaban J connectivity index is 1.78. The molecule has 2 aromatic carbocycles. The summed E-state index contributed by atoms with van der Waals surface area (Å²) in [6, 6.07) is 14.0. The number of hydrogen-bond donors (Lipinski definition) is 2. The zero-order valence-corrected chi connectivity index (χ0v) is 13.4. The first-order chi connectivity index (χ1) is 11.6. The minimum absolute atomic E-state index is 0.0372. The molecule has 4 rings (SSSR count). The van der Waals surface area contributed by atoms with Crippen molar-refractivity contribution in [2.75, 3.05) is 11.1 Å². The second-order valence-corrected chi connectivity index (χ2v) is 6.17. The van der Waals surface area contributed by atoms with Crippen molar-refractivity contribution in [1.82, 2.24) is 14.8 Å². The Kier molecular flexibility index (Phi) is 3.61. The summed E-state index contributed by atoms with van der Waals surface area (Å²) in [7, 11) is 0. The van der Waals surface area contributed by atoms with Gasteiger partial charge >= 0.3 is 0 Å². The molecule has 2 heterocycles. The molecule has 7 heteroatoms. The minimum atomic E-state index is -0.270. The van der Waals surface area contributed by atoms with Gasteiger partial charge in [-0.05, 0) is 35.7 Å². The molecular weight excluding hydrogens is 329 g/mol. The predicted octanol–water partition coefficient (Wildman–Crippen LogP) is 3.80. The average molecular weight is 344 g/mol. The summed E-state index contributed by atoms with van der Waals surface area (Å²) in [5, 5.41) is 8.30. The summed E-state index contributed by atoms with van der Waals surface area (Å²) < 4.78 is 15.0. The highest BCUT2D eigenvalue weighted by molar-refractivity contribution is 6.31. The standard InChI is InChI=1S/C17H15ClFN5/c18-13-4-2-1-3-12(13)14-9-15(10-5-7-11(19)8-6-10)24-17(21-14)22-16(20)23-24/h1-8,14-15H,9H2,(H3,20,21,22,23)/t14-,15+/m0/s1. The minimum Gasteiger partial charge on any atom is -0.366 e. The van der Waals surface area contributed by atoms with Crippen molar-refractivity contribution in [3.8, 4) is 0 Å². The van der Waals surface area contributed by atoms with Crippen LogP contribution in [-0.4, -0.2) is 14.8 Å². The smallest absolute Gasteiger partial charge is 0.241 e. The molecule has 24 heavy (non-hydrogen) atoms. The third kappa shape index (κ3) is 2.59. The van der Waals surface area contributed by atoms with Gasteiger partial charge in [-0.1, -0.05) is 41.9 Å². The van der Waals surface area contributed by atoms with E-state index in [2.05, 4.69) is 15.4 Å². The summed E-state index contributed by atoms with van der Waals surface area (Å²) in [6.45, 7) is 0. The molecule has 0 spiro atoms. The molecule has 0 saturated carbocycles. The Morgan fingerprint density at radius 1 is 1.17 bits per heavy atom. The molecule has 0 bridgehead atoms. The van der Waals surface area contributed by atoms with E-state index in [1.54, 1.807) is 16.8 Å². The van der Waals surface area contributed by atoms with Crippen LogP contribution in [0.5, 0.6) is 0 Å². The van der Waals surface area contributed by atoms with Crippen LogP contribution >= 0.6 is 11.6 Å². The maximum atomic E-state index is 13.3. The van der Waals surface area contributed by atoms with Crippen LogP contribution in [0.2, 0.25) is 5.02 Å². The van der Waals surface area contributed by atoms with Crippen molar-refractivity contribution in [2.45, 2.75) is 18.5 Å². The van der Waals surface area contributed by atoms with Gasteiger partial charge in [0.05, 0.1) is 12.1 Å². The first-order valence-electron chi connectivity index (χ1n) is 7.60. The van der Waals surface area contributed by atoms with Gasteiger partial charge < -0.3 is 11.1 Å². The Morgan fingerprint density at radius 2 is 1.92 bits per heavy atom. The number of nitrogens with one attached hydrogen (secondary N) is 1. The number of nitrogens with zero attached hydrogens (tertiary/aromatic N) is 3. The molecule has 0 unspecified atom stereocenters. The number of rotatable bonds is 2. The Hall–Kier alpha value is -2.60. The maximum Gasteiger partial charge on any atom is 0.241 e. The lowest BCUT2D eigenvalue weighted by Crippen LogP contribution is -2.28. The lowest BCUT2D eigenvalue weighted by Gasteiger charge is -2.32. The molecule has 0 aliphatic carbocycles. The normalized spacial score (nSPS) is 19.6. The van der Waals surface area contributed by atoms with Gasteiger partial charge in [-0.25, -0.2) is 9.07 Å². The Morgan fingerprint density at radius 3 is 2.67 bits per heavy atom. The predicted molar refractivity (Wildman–Crippen MR) is 91.4 cm³/mol. The zero-order valence-electron chi connectivity index (χ0n) is 12.7. The lowest BCUT2D eigenvalue weighted by molar-refractivity contribution is 0.431. The lowest BCUT2D eigenvalue weighted by atomic mass is 9.93. The molecule has 122 valence electrons. The van der Waals surface area contributed by atoms with Crippen LogP contribution in [-0.2, 0) is 0 Å². The van der Waals surface area contributed by atoms with Crippen molar-refractivity contribution < 1.29 is 4.39 Å². The van der Waals surface area contributed by atoms with E-state index in [9.17, 15) is 4.39 Å². The van der Waals surface area contributed by atoms with Crippen LogP contribution < -0.4 is 11.1 Å². The van der Waals surface area contributed by atoms with Gasteiger partial charge in [0.2, 0.25) is 11.9 Å². The SMILES string of the molecule is Nc1nc2n(n1)[C@@H](c1ccc(F)cc1)C[C@@H](c1ccccc1Cl)N2. The van der Waals surface area contributed by atoms with E-state index < -0.39 is 0 Å². The number of nitrogens with two attached hydrogens (primary N) is 1. The third-order valence-corrected chi connectivity index (χ3v) is 4.58. The van der Waals surface area contributed by atoms with E-state index in [-0.39, 0.29) is 23.8 Å². The maximum absolute atomic E-state index is 13.3. The molecule has 0 radical (unpaired) electrons. The Bertz CT molecular complexity index is 877. The molecule has 0 fully saturated rings. The summed E-state index contributed by atoms with van der Waals surface area (Å²) in [5.41, 5.74) is 7.70. The van der Waals surface area contributed by atoms with E-state index in [4.69, 9.17) is 17.3 Å². The first-order valence-corrected chi connectivity index (χ1v) is 7.98. The van der Waals surface area contributed by atoms with Gasteiger partial charge in [0.1, 0.15) is 5.82 Å². The van der Waals surface area contributed by atoms with Crippen molar-refractivity contribution in [2.24, 2.45) is 0 Å². The molecule has 3 aromatic rings. The summed E-state index contributed by atoms with van der Waals surface area (Å²) >= 11 is 6.35. The molecule has 0 amide bonds. The highest BCUT2D eigenvalue weighted by Gasteiger charge is 2.31. The van der Waals surface area contributed by atoms with Crippen molar-refractivity contribution in [3.05, 3.63) is 70.5 Å². The van der Waals surface area contributed by atoms with Crippen LogP contribution in [0.25, 0.3) is 0 Å². The van der Waals surface area contributed by atoms with Crippen molar-refractivity contribution in [3.63, 3.8) is 0 Å². The fourth-order valence-corrected chi connectivity index (χ4v) is 3.39. The highest BCUT2D eigenvalue weighted by atomic mass is 35.5. The number of anilines is 2. The number of aromatic nitrogens is 3. The quantitative estimate of drug-likeness (QED) is 0.742. The van der Waals surface area contributed by atoms with Gasteiger partial charge in [0.15, 0.2) is 0 Å². The summed E-state index contributed by atoms with van der Waals surface area (Å²) in [4.78, 5) is 4.25. The molecule has 1 aromatic heterocycles. The number of halogens is 2. The van der Waals surface area contributed by atoms with E-state index in [1.807, 2.05) is 24.3 Å². The second kappa shape index (κ2) is 5.79. The van der Waals surface area contributed by atoms with Gasteiger partial charge in [-0.3, -0.25) is 0 Å². The number of hydrogen-bond acceptors (Lipinski definition) is 4. The number of fused-ring (bicyclic) bond motifs is 1. The molecule has 5 nitrogen and oxygen atoms in total. The van der Waals surface area contributed by atoms with Crippen molar-refractivity contribution in [1.29, 1.82) is 0 Å². The highest BCUT2D eigenvalue weighted by Crippen LogP contribution is 2.39. The molecule has 1 aliphatic rings. The summed E-state index contributed by atoms with van der Waals surface area (Å²) in [6.07, 6.45) is 0.700. The summed E-state index contributed by atoms with van der Waals surface area (Å²) in [5.74, 6) is 0.510. The average Bonchev–Trinajstić information content (AvgIpc) is 2.95. The first kappa shape index (κ1) is 15.0. The van der Waals surface area contributed by atoms with Crippen molar-refractivity contribution >= 4 is 23.5 Å². The van der Waals surface area contributed by atoms with E-state index in [1.165, 1.54) is 12.1 Å². The van der Waals surface area contributed by atoms with Crippen LogP contribution in [0.1, 0.15) is 29.6 Å². The monoisotopic (exact) mass is 343 g/mol. The number of benzene rings is 2. The van der Waals surface area contributed by atoms with Gasteiger partial charge in [-0.15, -0.1) is 5.10 Å². The second-order valence-electron chi connectivity index (χ2n) is 5.76. The number of nitrogen functional groups attached to an aromatic ring is 1. The topological polar surface area (TPSA) is 68.8 Å². The molecule has 3 N–H and O–H groups in total. The van der Waals surface area contributed by atoms with E-state index in [0.29, 0.717) is 17.4 Å². The zero-order chi connectivity index (χ0) is 16.7. The Labute approximate surface area is 143 Å². The molecule has 2 atom stereocenters. The molecule has 1 aliphatic heterocycles. The van der Waals surface area contributed by atoms with Crippen LogP contribution in [0, 0.1) is 5.82 Å². The van der Waals surface area contributed by atoms with E-state index in [0.717, 1.165) is 11.1 Å². The van der Waals surface area contributed by atoms with Crippen LogP contribution in [0.15, 0.2) is 48.5 Å². The van der Waals surface area contributed by atoms with Gasteiger partial charge in [0.25, 0.3) is 0 Å². The third-order valence-electron chi connectivity index (χ3n) is 4.24. The van der Waals surface area contributed by atoms with E-state index >= 15 is 0 Å².